The molecule has 1 N–H and O–H groups in total. The maximum Gasteiger partial charge on any atom is 0.416 e. The molecule has 4 nitrogen and oxygen atoms in total. The number of alkyl halides is 3. The summed E-state index contributed by atoms with van der Waals surface area (Å²) in [6.07, 6.45) is -4.25. The van der Waals surface area contributed by atoms with Crippen molar-refractivity contribution < 1.29 is 18.0 Å². The molecule has 3 rings (SSSR count). The van der Waals surface area contributed by atoms with Gasteiger partial charge in [-0.3, -0.25) is 4.79 Å². The van der Waals surface area contributed by atoms with Gasteiger partial charge >= 0.3 is 6.18 Å². The third-order valence-electron chi connectivity index (χ3n) is 3.88. The fourth-order valence-electron chi connectivity index (χ4n) is 2.41. The third-order valence-corrected chi connectivity index (χ3v) is 6.02. The summed E-state index contributed by atoms with van der Waals surface area (Å²) < 4.78 is 37.9. The first kappa shape index (κ1) is 20.5. The lowest BCUT2D eigenvalue weighted by Gasteiger charge is -2.06. The number of nitrogens with one attached hydrogen (secondary N) is 1. The second kappa shape index (κ2) is 8.40. The zero-order valence-electron chi connectivity index (χ0n) is 15.2. The molecule has 3 aromatic rings. The van der Waals surface area contributed by atoms with Crippen molar-refractivity contribution in [2.24, 2.45) is 0 Å². The van der Waals surface area contributed by atoms with Gasteiger partial charge in [-0.2, -0.15) is 13.2 Å². The molecule has 148 valence electrons. The fraction of sp³-hybridized carbons (Fsp3) is 0.316. The van der Waals surface area contributed by atoms with Crippen molar-refractivity contribution in [3.8, 4) is 10.6 Å². The molecule has 28 heavy (non-hydrogen) atoms. The Morgan fingerprint density at radius 3 is 2.36 bits per heavy atom. The highest BCUT2D eigenvalue weighted by molar-refractivity contribution is 7.13. The molecular weight excluding hydrogens is 407 g/mol. The van der Waals surface area contributed by atoms with E-state index >= 15 is 0 Å². The molecule has 2 heterocycles. The molecule has 1 amide bonds. The summed E-state index contributed by atoms with van der Waals surface area (Å²) in [4.78, 5) is 21.0. The Kier molecular flexibility index (Phi) is 6.14. The molecule has 0 radical (unpaired) electrons. The summed E-state index contributed by atoms with van der Waals surface area (Å²) in [6, 6.07) is 4.84. The van der Waals surface area contributed by atoms with Gasteiger partial charge in [0.2, 0.25) is 5.91 Å². The minimum absolute atomic E-state index is 0.109. The number of aromatic nitrogens is 2. The molecular formula is C19H18F3N3OS2. The van der Waals surface area contributed by atoms with Crippen LogP contribution in [0.4, 0.5) is 13.2 Å². The Morgan fingerprint density at radius 1 is 1.07 bits per heavy atom. The average molecular weight is 426 g/mol. The molecule has 0 unspecified atom stereocenters. The van der Waals surface area contributed by atoms with E-state index in [1.807, 2.05) is 5.38 Å². The van der Waals surface area contributed by atoms with Crippen LogP contribution in [0.1, 0.15) is 41.7 Å². The number of halogens is 3. The zero-order valence-corrected chi connectivity index (χ0v) is 16.8. The summed E-state index contributed by atoms with van der Waals surface area (Å²) in [5.74, 6) is 0.177. The van der Waals surface area contributed by atoms with Crippen molar-refractivity contribution in [1.82, 2.24) is 15.3 Å². The molecule has 0 bridgehead atoms. The molecule has 0 spiro atoms. The van der Waals surface area contributed by atoms with Crippen molar-refractivity contribution >= 4 is 28.6 Å². The lowest BCUT2D eigenvalue weighted by atomic mass is 10.1. The van der Waals surface area contributed by atoms with Crippen LogP contribution in [0.2, 0.25) is 0 Å². The first-order valence-corrected chi connectivity index (χ1v) is 10.3. The lowest BCUT2D eigenvalue weighted by Crippen LogP contribution is -2.24. The Hall–Kier alpha value is -2.26. The zero-order chi connectivity index (χ0) is 20.3. The van der Waals surface area contributed by atoms with Crippen molar-refractivity contribution in [2.45, 2.75) is 38.9 Å². The molecule has 0 aliphatic rings. The van der Waals surface area contributed by atoms with Crippen molar-refractivity contribution in [3.05, 3.63) is 57.0 Å². The van der Waals surface area contributed by atoms with E-state index in [4.69, 9.17) is 0 Å². The first-order chi connectivity index (χ1) is 13.2. The SMILES string of the molecule is CC(C)c1nc(CNC(=O)Cc2csc(-c3ccc(C(F)(F)F)cc3)n2)cs1. The number of carbonyl (C=O) groups excluding carboxylic acids is 1. The summed E-state index contributed by atoms with van der Waals surface area (Å²) in [6.45, 7) is 4.49. The van der Waals surface area contributed by atoms with Crippen LogP contribution >= 0.6 is 22.7 Å². The highest BCUT2D eigenvalue weighted by Gasteiger charge is 2.30. The summed E-state index contributed by atoms with van der Waals surface area (Å²) in [7, 11) is 0. The van der Waals surface area contributed by atoms with Gasteiger partial charge in [-0.15, -0.1) is 22.7 Å². The van der Waals surface area contributed by atoms with E-state index < -0.39 is 11.7 Å². The Labute approximate surface area is 168 Å². The summed E-state index contributed by atoms with van der Waals surface area (Å²) in [5, 5.41) is 8.11. The van der Waals surface area contributed by atoms with Crippen LogP contribution in [-0.2, 0) is 23.9 Å². The number of thiazole rings is 2. The standard InChI is InChI=1S/C19H18F3N3OS2/c1-11(2)17-25-15(10-27-17)8-23-16(26)7-14-9-28-18(24-14)12-3-5-13(6-4-12)19(20,21)22/h3-6,9-11H,7-8H2,1-2H3,(H,23,26). The van der Waals surface area contributed by atoms with Gasteiger partial charge in [0.15, 0.2) is 0 Å². The monoisotopic (exact) mass is 425 g/mol. The van der Waals surface area contributed by atoms with Crippen LogP contribution in [0.25, 0.3) is 10.6 Å². The van der Waals surface area contributed by atoms with Crippen molar-refractivity contribution in [3.63, 3.8) is 0 Å². The van der Waals surface area contributed by atoms with E-state index in [0.29, 0.717) is 28.7 Å². The highest BCUT2D eigenvalue weighted by Crippen LogP contribution is 2.31. The minimum atomic E-state index is -4.36. The number of carbonyl (C=O) groups is 1. The largest absolute Gasteiger partial charge is 0.416 e. The maximum atomic E-state index is 12.6. The third kappa shape index (κ3) is 5.17. The Morgan fingerprint density at radius 2 is 1.75 bits per heavy atom. The number of amides is 1. The molecule has 0 atom stereocenters. The summed E-state index contributed by atoms with van der Waals surface area (Å²) in [5.41, 5.74) is 1.30. The van der Waals surface area contributed by atoms with Crippen LogP contribution in [0.5, 0.6) is 0 Å². The van der Waals surface area contributed by atoms with E-state index in [1.165, 1.54) is 23.5 Å². The van der Waals surface area contributed by atoms with Crippen molar-refractivity contribution in [1.29, 1.82) is 0 Å². The van der Waals surface area contributed by atoms with Gasteiger partial charge < -0.3 is 5.32 Å². The van der Waals surface area contributed by atoms with Crippen LogP contribution in [0.3, 0.4) is 0 Å². The van der Waals surface area contributed by atoms with Gasteiger partial charge in [-0.05, 0) is 12.1 Å². The van der Waals surface area contributed by atoms with Crippen LogP contribution in [-0.4, -0.2) is 15.9 Å². The van der Waals surface area contributed by atoms with Crippen molar-refractivity contribution in [2.75, 3.05) is 0 Å². The van der Waals surface area contributed by atoms with E-state index in [2.05, 4.69) is 29.1 Å². The van der Waals surface area contributed by atoms with Crippen LogP contribution < -0.4 is 5.32 Å². The van der Waals surface area contributed by atoms with Gasteiger partial charge in [-0.1, -0.05) is 26.0 Å². The smallest absolute Gasteiger partial charge is 0.350 e. The molecule has 0 fully saturated rings. The summed E-state index contributed by atoms with van der Waals surface area (Å²) >= 11 is 2.87. The number of rotatable bonds is 6. The molecule has 0 aliphatic heterocycles. The number of nitrogens with zero attached hydrogens (tertiary/aromatic N) is 2. The Bertz CT molecular complexity index is 946. The Balaban J connectivity index is 1.57. The van der Waals surface area contributed by atoms with E-state index in [9.17, 15) is 18.0 Å². The number of hydrogen-bond donors (Lipinski definition) is 1. The van der Waals surface area contributed by atoms with Gasteiger partial charge in [0.1, 0.15) is 5.01 Å². The van der Waals surface area contributed by atoms with E-state index in [1.54, 1.807) is 16.7 Å². The molecule has 0 saturated heterocycles. The quantitative estimate of drug-likeness (QED) is 0.586. The second-order valence-corrected chi connectivity index (χ2v) is 8.25. The predicted molar refractivity (Wildman–Crippen MR) is 104 cm³/mol. The lowest BCUT2D eigenvalue weighted by molar-refractivity contribution is -0.137. The van der Waals surface area contributed by atoms with Crippen LogP contribution in [0, 0.1) is 0 Å². The van der Waals surface area contributed by atoms with Crippen LogP contribution in [0.15, 0.2) is 35.0 Å². The van der Waals surface area contributed by atoms with Gasteiger partial charge in [0.05, 0.1) is 34.9 Å². The molecule has 1 aromatic carbocycles. The maximum absolute atomic E-state index is 12.6. The van der Waals surface area contributed by atoms with Gasteiger partial charge in [0.25, 0.3) is 0 Å². The predicted octanol–water partition coefficient (Wildman–Crippen LogP) is 5.27. The number of hydrogen-bond acceptors (Lipinski definition) is 5. The fourth-order valence-corrected chi connectivity index (χ4v) is 4.07. The topological polar surface area (TPSA) is 54.9 Å². The molecule has 2 aromatic heterocycles. The molecule has 9 heteroatoms. The molecule has 0 saturated carbocycles. The minimum Gasteiger partial charge on any atom is -0.350 e. The molecule has 0 aliphatic carbocycles. The normalized spacial score (nSPS) is 11.8. The van der Waals surface area contributed by atoms with E-state index in [-0.39, 0.29) is 12.3 Å². The highest BCUT2D eigenvalue weighted by atomic mass is 32.1. The number of benzene rings is 1. The van der Waals surface area contributed by atoms with Gasteiger partial charge in [-0.25, -0.2) is 9.97 Å². The van der Waals surface area contributed by atoms with Gasteiger partial charge in [0, 0.05) is 22.2 Å². The average Bonchev–Trinajstić information content (AvgIpc) is 3.29. The first-order valence-electron chi connectivity index (χ1n) is 8.55. The second-order valence-electron chi connectivity index (χ2n) is 6.50. The van der Waals surface area contributed by atoms with E-state index in [0.717, 1.165) is 22.8 Å².